The van der Waals surface area contributed by atoms with Crippen molar-refractivity contribution in [3.63, 3.8) is 0 Å². The molecule has 2 N–H and O–H groups in total. The summed E-state index contributed by atoms with van der Waals surface area (Å²) in [5.41, 5.74) is 4.44. The predicted octanol–water partition coefficient (Wildman–Crippen LogP) is 4.83. The van der Waals surface area contributed by atoms with Gasteiger partial charge >= 0.3 is 0 Å². The number of aromatic nitrogens is 6. The lowest BCUT2D eigenvalue weighted by atomic mass is 10.2. The van der Waals surface area contributed by atoms with E-state index in [0.29, 0.717) is 28.4 Å². The number of alkyl halides is 2. The van der Waals surface area contributed by atoms with E-state index in [1.54, 1.807) is 6.33 Å². The molecule has 0 aliphatic heterocycles. The average molecular weight is 462 g/mol. The molecule has 0 saturated heterocycles. The monoisotopic (exact) mass is 462 g/mol. The van der Waals surface area contributed by atoms with Crippen LogP contribution in [0.25, 0.3) is 22.1 Å². The number of fused-ring (bicyclic) bond motifs is 2. The summed E-state index contributed by atoms with van der Waals surface area (Å²) < 4.78 is 33.0. The molecular weight excluding hydrogens is 442 g/mol. The molecule has 5 rings (SSSR count). The number of nitrogens with zero attached hydrogens (tertiary/aromatic N) is 6. The fraction of sp³-hybridized carbons (Fsp3) is 0.174. The number of halogens is 2. The van der Waals surface area contributed by atoms with Crippen molar-refractivity contribution in [2.24, 2.45) is 7.05 Å². The first kappa shape index (κ1) is 21.4. The number of hydrogen-bond acceptors (Lipinski definition) is 8. The Labute approximate surface area is 192 Å². The molecule has 3 aromatic heterocycles. The van der Waals surface area contributed by atoms with Crippen molar-refractivity contribution in [1.29, 1.82) is 0 Å². The fourth-order valence-electron chi connectivity index (χ4n) is 3.48. The van der Waals surface area contributed by atoms with Crippen LogP contribution in [0.15, 0.2) is 55.2 Å². The van der Waals surface area contributed by atoms with Crippen LogP contribution in [0, 0.1) is 6.92 Å². The number of benzene rings is 2. The van der Waals surface area contributed by atoms with Crippen LogP contribution in [0.1, 0.15) is 5.56 Å². The second kappa shape index (κ2) is 8.85. The number of hydrogen-bond donors (Lipinski definition) is 2. The Morgan fingerprint density at radius 3 is 2.74 bits per heavy atom. The zero-order valence-electron chi connectivity index (χ0n) is 18.3. The van der Waals surface area contributed by atoms with Gasteiger partial charge in [0.05, 0.1) is 30.1 Å². The lowest BCUT2D eigenvalue weighted by Crippen LogP contribution is -2.12. The molecular formula is C23H20F2N8O. The van der Waals surface area contributed by atoms with E-state index in [9.17, 15) is 8.78 Å². The lowest BCUT2D eigenvalue weighted by molar-refractivity contribution is 0.163. The maximum absolute atomic E-state index is 12.5. The van der Waals surface area contributed by atoms with Crippen LogP contribution >= 0.6 is 0 Å². The highest BCUT2D eigenvalue weighted by Crippen LogP contribution is 2.30. The molecule has 3 heterocycles. The molecule has 0 saturated carbocycles. The van der Waals surface area contributed by atoms with Gasteiger partial charge in [-0.3, -0.25) is 0 Å². The van der Waals surface area contributed by atoms with E-state index in [-0.39, 0.29) is 5.95 Å². The van der Waals surface area contributed by atoms with Gasteiger partial charge in [0.25, 0.3) is 6.43 Å². The first-order valence-electron chi connectivity index (χ1n) is 10.4. The van der Waals surface area contributed by atoms with Crippen LogP contribution in [-0.4, -0.2) is 42.5 Å². The summed E-state index contributed by atoms with van der Waals surface area (Å²) in [6.45, 7) is 1.39. The van der Waals surface area contributed by atoms with Gasteiger partial charge in [-0.15, -0.1) is 0 Å². The molecule has 0 aliphatic carbocycles. The van der Waals surface area contributed by atoms with E-state index in [4.69, 9.17) is 4.74 Å². The Hall–Kier alpha value is -4.41. The number of ether oxygens (including phenoxy) is 1. The van der Waals surface area contributed by atoms with Gasteiger partial charge in [0.1, 0.15) is 28.9 Å². The van der Waals surface area contributed by atoms with E-state index in [1.165, 1.54) is 12.5 Å². The van der Waals surface area contributed by atoms with E-state index in [1.807, 2.05) is 54.9 Å². The molecule has 5 aromatic rings. The Balaban J connectivity index is 1.37. The number of nitrogens with one attached hydrogen (secondary N) is 2. The third-order valence-electron chi connectivity index (χ3n) is 5.15. The quantitative estimate of drug-likeness (QED) is 0.355. The highest BCUT2D eigenvalue weighted by molar-refractivity contribution is 5.87. The van der Waals surface area contributed by atoms with Crippen molar-refractivity contribution in [2.75, 3.05) is 17.2 Å². The Morgan fingerprint density at radius 2 is 1.91 bits per heavy atom. The SMILES string of the molecule is Cc1cc(Nc2ncnc3cnc(NCC(F)F)nc23)ccc1Oc1ccc2c(c1)ncn2C. The topological polar surface area (TPSA) is 103 Å². The maximum atomic E-state index is 12.5. The summed E-state index contributed by atoms with van der Waals surface area (Å²) in [7, 11) is 1.94. The number of imidazole rings is 1. The van der Waals surface area contributed by atoms with Crippen LogP contribution in [-0.2, 0) is 7.05 Å². The Morgan fingerprint density at radius 1 is 1.03 bits per heavy atom. The summed E-state index contributed by atoms with van der Waals surface area (Å²) >= 11 is 0. The van der Waals surface area contributed by atoms with Gasteiger partial charge in [0, 0.05) is 18.8 Å². The van der Waals surface area contributed by atoms with Gasteiger partial charge in [-0.1, -0.05) is 0 Å². The molecule has 9 nitrogen and oxygen atoms in total. The molecule has 0 radical (unpaired) electrons. The van der Waals surface area contributed by atoms with Crippen molar-refractivity contribution < 1.29 is 13.5 Å². The van der Waals surface area contributed by atoms with Crippen molar-refractivity contribution >= 4 is 39.5 Å². The van der Waals surface area contributed by atoms with Crippen LogP contribution < -0.4 is 15.4 Å². The molecule has 11 heteroatoms. The normalized spacial score (nSPS) is 11.3. The van der Waals surface area contributed by atoms with Crippen LogP contribution in [0.2, 0.25) is 0 Å². The largest absolute Gasteiger partial charge is 0.457 e. The summed E-state index contributed by atoms with van der Waals surface area (Å²) in [6, 6.07) is 11.4. The zero-order chi connectivity index (χ0) is 23.7. The van der Waals surface area contributed by atoms with Gasteiger partial charge < -0.3 is 19.9 Å². The minimum Gasteiger partial charge on any atom is -0.457 e. The predicted molar refractivity (Wildman–Crippen MR) is 125 cm³/mol. The summed E-state index contributed by atoms with van der Waals surface area (Å²) in [4.78, 5) is 21.1. The van der Waals surface area contributed by atoms with Crippen molar-refractivity contribution in [2.45, 2.75) is 13.3 Å². The van der Waals surface area contributed by atoms with E-state index < -0.39 is 13.0 Å². The van der Waals surface area contributed by atoms with Gasteiger partial charge in [0.2, 0.25) is 5.95 Å². The van der Waals surface area contributed by atoms with Gasteiger partial charge in [-0.05, 0) is 42.8 Å². The molecule has 0 bridgehead atoms. The van der Waals surface area contributed by atoms with E-state index in [0.717, 1.165) is 22.3 Å². The molecule has 0 unspecified atom stereocenters. The van der Waals surface area contributed by atoms with Crippen LogP contribution in [0.4, 0.5) is 26.2 Å². The fourth-order valence-corrected chi connectivity index (χ4v) is 3.48. The maximum Gasteiger partial charge on any atom is 0.255 e. The highest BCUT2D eigenvalue weighted by atomic mass is 19.3. The summed E-state index contributed by atoms with van der Waals surface area (Å²) in [5, 5.41) is 5.71. The molecule has 0 amide bonds. The smallest absolute Gasteiger partial charge is 0.255 e. The van der Waals surface area contributed by atoms with E-state index in [2.05, 4.69) is 35.6 Å². The second-order valence-electron chi connectivity index (χ2n) is 7.64. The minimum atomic E-state index is -2.52. The molecule has 0 aliphatic rings. The van der Waals surface area contributed by atoms with Gasteiger partial charge in [-0.25, -0.2) is 33.7 Å². The molecule has 172 valence electrons. The van der Waals surface area contributed by atoms with Crippen molar-refractivity contribution in [3.8, 4) is 11.5 Å². The van der Waals surface area contributed by atoms with Crippen molar-refractivity contribution in [3.05, 3.63) is 60.8 Å². The lowest BCUT2D eigenvalue weighted by Gasteiger charge is -2.12. The summed E-state index contributed by atoms with van der Waals surface area (Å²) in [5.74, 6) is 1.91. The standard InChI is InChI=1S/C23H20F2N8O/c1-13-7-14(3-6-19(13)34-15-4-5-18-16(8-15)30-12-33(18)2)31-22-21-17(28-11-29-22)9-26-23(32-21)27-10-20(24)25/h3-9,11-12,20H,10H2,1-2H3,(H,26,27,32)(H,28,29,31). The first-order valence-corrected chi connectivity index (χ1v) is 10.4. The third kappa shape index (κ3) is 4.40. The number of rotatable bonds is 7. The van der Waals surface area contributed by atoms with Crippen LogP contribution in [0.3, 0.4) is 0 Å². The molecule has 0 fully saturated rings. The Bertz CT molecular complexity index is 1490. The molecule has 2 aromatic carbocycles. The molecule has 0 atom stereocenters. The average Bonchev–Trinajstić information content (AvgIpc) is 3.19. The highest BCUT2D eigenvalue weighted by Gasteiger charge is 2.11. The molecule has 34 heavy (non-hydrogen) atoms. The first-order chi connectivity index (χ1) is 16.5. The van der Waals surface area contributed by atoms with Crippen molar-refractivity contribution in [1.82, 2.24) is 29.5 Å². The zero-order valence-corrected chi connectivity index (χ0v) is 18.3. The van der Waals surface area contributed by atoms with Gasteiger partial charge in [-0.2, -0.15) is 0 Å². The Kier molecular flexibility index (Phi) is 5.58. The van der Waals surface area contributed by atoms with E-state index >= 15 is 0 Å². The number of aryl methyl sites for hydroxylation is 2. The second-order valence-corrected chi connectivity index (χ2v) is 7.64. The minimum absolute atomic E-state index is 0.0791. The summed E-state index contributed by atoms with van der Waals surface area (Å²) in [6.07, 6.45) is 2.10. The molecule has 0 spiro atoms. The third-order valence-corrected chi connectivity index (χ3v) is 5.15. The van der Waals surface area contributed by atoms with Crippen LogP contribution in [0.5, 0.6) is 11.5 Å². The van der Waals surface area contributed by atoms with Gasteiger partial charge in [0.15, 0.2) is 5.82 Å². The number of anilines is 3.